The number of ether oxygens (including phenoxy) is 1. The number of benzene rings is 3. The first-order chi connectivity index (χ1) is 20.2. The van der Waals surface area contributed by atoms with E-state index in [4.69, 9.17) is 4.74 Å². The summed E-state index contributed by atoms with van der Waals surface area (Å²) in [6.45, 7) is 3.98. The summed E-state index contributed by atoms with van der Waals surface area (Å²) >= 11 is 0. The highest BCUT2D eigenvalue weighted by Gasteiger charge is 2.37. The first kappa shape index (κ1) is 30.5. The van der Waals surface area contributed by atoms with E-state index in [1.165, 1.54) is 0 Å². The molecule has 3 aromatic carbocycles. The Morgan fingerprint density at radius 3 is 2.17 bits per heavy atom. The van der Waals surface area contributed by atoms with E-state index < -0.39 is 30.1 Å². The highest BCUT2D eigenvalue weighted by Crippen LogP contribution is 2.27. The van der Waals surface area contributed by atoms with Crippen LogP contribution in [0.25, 0.3) is 6.08 Å². The van der Waals surface area contributed by atoms with Crippen molar-refractivity contribution in [1.82, 2.24) is 20.9 Å². The van der Waals surface area contributed by atoms with Gasteiger partial charge < -0.3 is 20.7 Å². The van der Waals surface area contributed by atoms with Crippen LogP contribution < -0.4 is 20.7 Å². The quantitative estimate of drug-likeness (QED) is 0.380. The minimum Gasteiger partial charge on any atom is -0.483 e. The number of hydrogen-bond acceptors (Lipinski definition) is 5. The van der Waals surface area contributed by atoms with Gasteiger partial charge >= 0.3 is 0 Å². The summed E-state index contributed by atoms with van der Waals surface area (Å²) in [6.07, 6.45) is 3.36. The molecule has 0 unspecified atom stereocenters. The molecule has 0 saturated heterocycles. The van der Waals surface area contributed by atoms with Crippen LogP contribution in [0, 0.1) is 5.92 Å². The third-order valence-electron chi connectivity index (χ3n) is 7.19. The molecule has 0 saturated carbocycles. The van der Waals surface area contributed by atoms with Crippen molar-refractivity contribution < 1.29 is 19.1 Å². The van der Waals surface area contributed by atoms with Gasteiger partial charge in [-0.1, -0.05) is 86.6 Å². The molecule has 4 atom stereocenters. The van der Waals surface area contributed by atoms with Gasteiger partial charge in [-0.3, -0.25) is 19.3 Å². The van der Waals surface area contributed by atoms with E-state index in [0.717, 1.165) is 11.1 Å². The first-order valence-electron chi connectivity index (χ1n) is 14.3. The number of rotatable bonds is 8. The van der Waals surface area contributed by atoms with Crippen LogP contribution in [0.3, 0.4) is 0 Å². The molecule has 8 heteroatoms. The lowest BCUT2D eigenvalue weighted by Gasteiger charge is -2.32. The smallest absolute Gasteiger partial charge is 0.247 e. The molecular weight excluding hydrogens is 528 g/mol. The molecule has 0 aliphatic carbocycles. The Bertz CT molecular complexity index is 1360. The molecular formula is C34H40N4O4. The lowest BCUT2D eigenvalue weighted by Crippen LogP contribution is -2.58. The Balaban J connectivity index is 1.75. The maximum atomic E-state index is 14.1. The van der Waals surface area contributed by atoms with Crippen LogP contribution in [0.1, 0.15) is 43.1 Å². The van der Waals surface area contributed by atoms with Gasteiger partial charge in [0.1, 0.15) is 17.8 Å². The number of hydrogen-bond donors (Lipinski definition) is 3. The van der Waals surface area contributed by atoms with Gasteiger partial charge in [0.15, 0.2) is 6.10 Å². The fourth-order valence-corrected chi connectivity index (χ4v) is 4.94. The van der Waals surface area contributed by atoms with Crippen molar-refractivity contribution in [1.29, 1.82) is 0 Å². The minimum atomic E-state index is -1.14. The van der Waals surface area contributed by atoms with Crippen molar-refractivity contribution in [2.45, 2.75) is 50.9 Å². The molecule has 42 heavy (non-hydrogen) atoms. The number of fused-ring (bicyclic) bond motifs is 10. The summed E-state index contributed by atoms with van der Waals surface area (Å²) < 4.78 is 6.47. The van der Waals surface area contributed by atoms with E-state index in [2.05, 4.69) is 16.0 Å². The van der Waals surface area contributed by atoms with Gasteiger partial charge in [-0.2, -0.15) is 0 Å². The average molecular weight is 569 g/mol. The first-order valence-corrected chi connectivity index (χ1v) is 14.3. The van der Waals surface area contributed by atoms with Crippen LogP contribution in [0.2, 0.25) is 0 Å². The number of carbonyl (C=O) groups excluding carboxylic acids is 3. The Morgan fingerprint density at radius 1 is 0.905 bits per heavy atom. The van der Waals surface area contributed by atoms with Gasteiger partial charge in [0.2, 0.25) is 17.7 Å². The predicted molar refractivity (Wildman–Crippen MR) is 164 cm³/mol. The second kappa shape index (κ2) is 14.5. The molecule has 220 valence electrons. The topological polar surface area (TPSA) is 99.8 Å². The standard InChI is InChI=1S/C34H40N4O4/c1-23(2)21-28-32(39)35-20-19-24-15-17-27(18-16-24)42-31(26-13-9-6-10-14-26)30(34(41)36-28)37-33(40)29(38(3)4)22-25-11-7-5-8-12-25/h5-20,23,28-31H,21-22H2,1-4H3,(H,35,39)(H,36,41)(H,37,40)/t28-,29+,30-,31-/m1/s1. The summed E-state index contributed by atoms with van der Waals surface area (Å²) in [6, 6.07) is 23.9. The third kappa shape index (κ3) is 8.30. The molecule has 2 heterocycles. The van der Waals surface area contributed by atoms with Crippen LogP contribution in [0.5, 0.6) is 5.75 Å². The molecule has 2 bridgehead atoms. The zero-order valence-electron chi connectivity index (χ0n) is 24.6. The van der Waals surface area contributed by atoms with Crippen LogP contribution in [0.4, 0.5) is 0 Å². The van der Waals surface area contributed by atoms with E-state index in [9.17, 15) is 14.4 Å². The van der Waals surface area contributed by atoms with Crippen molar-refractivity contribution >= 4 is 23.8 Å². The molecule has 5 rings (SSSR count). The van der Waals surface area contributed by atoms with E-state index in [-0.39, 0.29) is 17.7 Å². The van der Waals surface area contributed by atoms with Crippen LogP contribution >= 0.6 is 0 Å². The molecule has 8 nitrogen and oxygen atoms in total. The Morgan fingerprint density at radius 2 is 1.55 bits per heavy atom. The maximum absolute atomic E-state index is 14.1. The van der Waals surface area contributed by atoms with Gasteiger partial charge in [-0.15, -0.1) is 0 Å². The minimum absolute atomic E-state index is 0.133. The SMILES string of the molecule is CC(C)C[C@H]1NC(=O)[C@H](NC(=O)[C@H](Cc2ccccc2)N(C)C)[C@@H](c2ccccc2)Oc2ccc(cc2)C=CNC1=O. The molecule has 3 aromatic rings. The summed E-state index contributed by atoms with van der Waals surface area (Å²) in [7, 11) is 3.67. The average Bonchev–Trinajstić information content (AvgIpc) is 2.98. The fraction of sp³-hybridized carbons (Fsp3) is 0.324. The van der Waals surface area contributed by atoms with Crippen molar-refractivity contribution in [2.75, 3.05) is 14.1 Å². The maximum Gasteiger partial charge on any atom is 0.247 e. The van der Waals surface area contributed by atoms with Crippen molar-refractivity contribution in [2.24, 2.45) is 5.92 Å². The Hall–Kier alpha value is -4.43. The lowest BCUT2D eigenvalue weighted by atomic mass is 9.97. The highest BCUT2D eigenvalue weighted by molar-refractivity contribution is 5.94. The molecule has 2 aliphatic heterocycles. The molecule has 0 spiro atoms. The number of nitrogens with zero attached hydrogens (tertiary/aromatic N) is 1. The second-order valence-corrected chi connectivity index (χ2v) is 11.2. The van der Waals surface area contributed by atoms with Gasteiger partial charge in [-0.05, 0) is 67.8 Å². The number of carbonyl (C=O) groups is 3. The van der Waals surface area contributed by atoms with Gasteiger partial charge in [-0.25, -0.2) is 0 Å². The molecule has 3 N–H and O–H groups in total. The fourth-order valence-electron chi connectivity index (χ4n) is 4.94. The van der Waals surface area contributed by atoms with E-state index >= 15 is 0 Å². The molecule has 3 amide bonds. The monoisotopic (exact) mass is 568 g/mol. The molecule has 0 aromatic heterocycles. The van der Waals surface area contributed by atoms with E-state index in [1.54, 1.807) is 24.4 Å². The third-order valence-corrected chi connectivity index (χ3v) is 7.19. The lowest BCUT2D eigenvalue weighted by molar-refractivity contribution is -0.135. The molecule has 0 radical (unpaired) electrons. The van der Waals surface area contributed by atoms with Crippen molar-refractivity contribution in [3.63, 3.8) is 0 Å². The van der Waals surface area contributed by atoms with E-state index in [1.807, 2.05) is 106 Å². The Kier molecular flexibility index (Phi) is 10.5. The highest BCUT2D eigenvalue weighted by atomic mass is 16.5. The van der Waals surface area contributed by atoms with E-state index in [0.29, 0.717) is 24.2 Å². The van der Waals surface area contributed by atoms with Gasteiger partial charge in [0.05, 0.1) is 6.04 Å². The summed E-state index contributed by atoms with van der Waals surface area (Å²) in [5.41, 5.74) is 2.59. The van der Waals surface area contributed by atoms with Gasteiger partial charge in [0, 0.05) is 6.20 Å². The number of amides is 3. The van der Waals surface area contributed by atoms with Crippen LogP contribution in [-0.4, -0.2) is 54.8 Å². The van der Waals surface area contributed by atoms with Gasteiger partial charge in [0.25, 0.3) is 0 Å². The van der Waals surface area contributed by atoms with Crippen LogP contribution in [0.15, 0.2) is 91.1 Å². The zero-order chi connectivity index (χ0) is 30.1. The molecule has 2 aliphatic rings. The normalized spacial score (nSPS) is 19.9. The number of likely N-dealkylation sites (N-methyl/N-ethyl adjacent to an activating group) is 1. The van der Waals surface area contributed by atoms with Crippen LogP contribution in [-0.2, 0) is 20.8 Å². The largest absolute Gasteiger partial charge is 0.483 e. The van der Waals surface area contributed by atoms with Crippen molar-refractivity contribution in [3.05, 3.63) is 108 Å². The van der Waals surface area contributed by atoms with Crippen molar-refractivity contribution in [3.8, 4) is 5.75 Å². The number of nitrogens with one attached hydrogen (secondary N) is 3. The second-order valence-electron chi connectivity index (χ2n) is 11.2. The zero-order valence-corrected chi connectivity index (χ0v) is 24.6. The summed E-state index contributed by atoms with van der Waals surface area (Å²) in [4.78, 5) is 43.1. The predicted octanol–water partition coefficient (Wildman–Crippen LogP) is 4.10. The molecule has 0 fully saturated rings. The summed E-state index contributed by atoms with van der Waals surface area (Å²) in [5, 5.41) is 8.74. The Labute approximate surface area is 248 Å². The summed E-state index contributed by atoms with van der Waals surface area (Å²) in [5.74, 6) is -0.486.